The Morgan fingerprint density at radius 3 is 2.22 bits per heavy atom. The first kappa shape index (κ1) is 25.2. The van der Waals surface area contributed by atoms with Crippen molar-refractivity contribution < 1.29 is 17.9 Å². The number of ether oxygens (including phenoxy) is 1. The van der Waals surface area contributed by atoms with Gasteiger partial charge < -0.3 is 4.74 Å². The van der Waals surface area contributed by atoms with E-state index in [9.17, 15) is 13.2 Å². The molecule has 1 N–H and O–H groups in total. The van der Waals surface area contributed by atoms with E-state index in [1.165, 1.54) is 23.3 Å². The molecule has 0 radical (unpaired) electrons. The lowest BCUT2D eigenvalue weighted by molar-refractivity contribution is 0.154. The lowest BCUT2D eigenvalue weighted by Crippen LogP contribution is -2.31. The molecule has 4 rings (SSSR count). The number of carbonyl (C=O) groups excluding carboxylic acids is 1. The third-order valence-electron chi connectivity index (χ3n) is 6.02. The summed E-state index contributed by atoms with van der Waals surface area (Å²) in [6, 6.07) is 24.4. The van der Waals surface area contributed by atoms with E-state index in [2.05, 4.69) is 19.1 Å². The second-order valence-corrected chi connectivity index (χ2v) is 10.4. The fraction of sp³-hybridized carbons (Fsp3) is 0.214. The van der Waals surface area contributed by atoms with Gasteiger partial charge in [-0.3, -0.25) is 0 Å². The minimum atomic E-state index is -3.97. The van der Waals surface area contributed by atoms with E-state index in [0.717, 1.165) is 34.6 Å². The maximum absolute atomic E-state index is 12.3. The van der Waals surface area contributed by atoms with Crippen LogP contribution in [0.4, 0.5) is 4.79 Å². The highest BCUT2D eigenvalue weighted by Gasteiger charge is 2.18. The Labute approximate surface area is 211 Å². The van der Waals surface area contributed by atoms with Gasteiger partial charge in [-0.2, -0.15) is 5.10 Å². The lowest BCUT2D eigenvalue weighted by Gasteiger charge is -2.09. The third kappa shape index (κ3) is 6.01. The zero-order valence-electron chi connectivity index (χ0n) is 20.6. The summed E-state index contributed by atoms with van der Waals surface area (Å²) in [5.74, 6) is 0. The predicted molar refractivity (Wildman–Crippen MR) is 139 cm³/mol. The number of aromatic nitrogens is 2. The first-order chi connectivity index (χ1) is 17.2. The van der Waals surface area contributed by atoms with Crippen LogP contribution in [0.2, 0.25) is 0 Å². The molecule has 0 atom stereocenters. The smallest absolute Gasteiger partial charge is 0.421 e. The molecular weight excluding hydrogens is 474 g/mol. The van der Waals surface area contributed by atoms with Crippen molar-refractivity contribution in [2.45, 2.75) is 38.5 Å². The molecule has 0 aliphatic carbocycles. The Bertz CT molecular complexity index is 1440. The highest BCUT2D eigenvalue weighted by Crippen LogP contribution is 2.21. The van der Waals surface area contributed by atoms with Crippen molar-refractivity contribution in [1.82, 2.24) is 14.5 Å². The largest absolute Gasteiger partial charge is 0.448 e. The number of sulfonamides is 1. The number of amides is 1. The van der Waals surface area contributed by atoms with Crippen molar-refractivity contribution >= 4 is 16.1 Å². The maximum atomic E-state index is 12.3. The molecule has 0 bridgehead atoms. The predicted octanol–water partition coefficient (Wildman–Crippen LogP) is 5.05. The summed E-state index contributed by atoms with van der Waals surface area (Å²) in [6.07, 6.45) is 0.283. The number of nitrogens with one attached hydrogen (secondary N) is 1. The molecule has 0 aliphatic heterocycles. The normalized spacial score (nSPS) is 11.3. The molecule has 0 saturated carbocycles. The number of aryl methyl sites for hydroxylation is 2. The van der Waals surface area contributed by atoms with Crippen LogP contribution < -0.4 is 4.72 Å². The van der Waals surface area contributed by atoms with Gasteiger partial charge in [0.1, 0.15) is 0 Å². The molecule has 186 valence electrons. The summed E-state index contributed by atoms with van der Waals surface area (Å²) in [4.78, 5) is 12.0. The molecule has 1 amide bonds. The van der Waals surface area contributed by atoms with Crippen molar-refractivity contribution in [3.8, 4) is 5.69 Å². The number of hydrogen-bond donors (Lipinski definition) is 1. The Balaban J connectivity index is 1.33. The maximum Gasteiger partial charge on any atom is 0.421 e. The molecule has 3 aromatic carbocycles. The van der Waals surface area contributed by atoms with E-state index in [1.54, 1.807) is 12.1 Å². The lowest BCUT2D eigenvalue weighted by atomic mass is 10.0. The number of nitrogens with zero attached hydrogens (tertiary/aromatic N) is 2. The second kappa shape index (κ2) is 10.8. The Kier molecular flexibility index (Phi) is 7.55. The molecule has 1 heterocycles. The van der Waals surface area contributed by atoms with Crippen molar-refractivity contribution in [2.24, 2.45) is 0 Å². The van der Waals surface area contributed by atoms with Gasteiger partial charge in [0.15, 0.2) is 0 Å². The van der Waals surface area contributed by atoms with E-state index < -0.39 is 16.1 Å². The topological polar surface area (TPSA) is 90.3 Å². The molecule has 0 aliphatic rings. The number of benzene rings is 3. The molecule has 7 nitrogen and oxygen atoms in total. The van der Waals surface area contributed by atoms with Crippen LogP contribution in [0.15, 0.2) is 83.8 Å². The minimum absolute atomic E-state index is 0.0108. The SMILES string of the molecule is Cc1ccc(S(=O)(=O)NC(=O)OCCc2ccc(-n3nc(C)c(Cc4ccccc4)c3C)cc2)cc1. The van der Waals surface area contributed by atoms with Gasteiger partial charge in [-0.1, -0.05) is 60.2 Å². The quantitative estimate of drug-likeness (QED) is 0.364. The first-order valence-corrected chi connectivity index (χ1v) is 13.2. The molecule has 36 heavy (non-hydrogen) atoms. The summed E-state index contributed by atoms with van der Waals surface area (Å²) in [5.41, 5.74) is 7.38. The fourth-order valence-corrected chi connectivity index (χ4v) is 4.85. The standard InChI is InChI=1S/C28H29N3O4S/c1-20-9-15-26(16-10-20)36(33,34)30-28(32)35-18-17-23-11-13-25(14-12-23)31-22(3)27(21(2)29-31)19-24-7-5-4-6-8-24/h4-16H,17-19H2,1-3H3,(H,30,32). The summed E-state index contributed by atoms with van der Waals surface area (Å²) >= 11 is 0. The molecule has 0 unspecified atom stereocenters. The number of rotatable bonds is 8. The van der Waals surface area contributed by atoms with Crippen LogP contribution in [0.25, 0.3) is 5.69 Å². The average Bonchev–Trinajstić information content (AvgIpc) is 3.13. The molecule has 0 fully saturated rings. The molecule has 0 saturated heterocycles. The van der Waals surface area contributed by atoms with Gasteiger partial charge >= 0.3 is 6.09 Å². The van der Waals surface area contributed by atoms with Crippen molar-refractivity contribution in [3.63, 3.8) is 0 Å². The van der Waals surface area contributed by atoms with Gasteiger partial charge in [0, 0.05) is 24.1 Å². The molecular formula is C28H29N3O4S. The summed E-state index contributed by atoms with van der Waals surface area (Å²) in [7, 11) is -3.97. The van der Waals surface area contributed by atoms with Crippen molar-refractivity contribution in [2.75, 3.05) is 6.61 Å². The van der Waals surface area contributed by atoms with Crippen LogP contribution in [0.3, 0.4) is 0 Å². The van der Waals surface area contributed by atoms with Gasteiger partial charge in [-0.05, 0) is 56.2 Å². The summed E-state index contributed by atoms with van der Waals surface area (Å²) in [6.45, 7) is 6.00. The monoisotopic (exact) mass is 503 g/mol. The van der Waals surface area contributed by atoms with Crippen molar-refractivity contribution in [1.29, 1.82) is 0 Å². The zero-order chi connectivity index (χ0) is 25.7. The van der Waals surface area contributed by atoms with E-state index >= 15 is 0 Å². The van der Waals surface area contributed by atoms with Crippen LogP contribution >= 0.6 is 0 Å². The Morgan fingerprint density at radius 1 is 0.889 bits per heavy atom. The van der Waals surface area contributed by atoms with Gasteiger partial charge in [0.2, 0.25) is 0 Å². The molecule has 8 heteroatoms. The number of hydrogen-bond acceptors (Lipinski definition) is 5. The van der Waals surface area contributed by atoms with Crippen LogP contribution in [0, 0.1) is 20.8 Å². The van der Waals surface area contributed by atoms with Crippen LogP contribution in [0.5, 0.6) is 0 Å². The van der Waals surface area contributed by atoms with Crippen LogP contribution in [-0.4, -0.2) is 30.9 Å². The molecule has 1 aromatic heterocycles. The summed E-state index contributed by atoms with van der Waals surface area (Å²) < 4.78 is 33.6. The van der Waals surface area contributed by atoms with E-state index in [0.29, 0.717) is 6.42 Å². The van der Waals surface area contributed by atoms with Gasteiger partial charge in [0.05, 0.1) is 22.9 Å². The Hall–Kier alpha value is -3.91. The van der Waals surface area contributed by atoms with Crippen LogP contribution in [0.1, 0.15) is 33.6 Å². The van der Waals surface area contributed by atoms with Crippen molar-refractivity contribution in [3.05, 3.63) is 113 Å². The Morgan fingerprint density at radius 2 is 1.56 bits per heavy atom. The average molecular weight is 504 g/mol. The van der Waals surface area contributed by atoms with Gasteiger partial charge in [-0.25, -0.2) is 22.6 Å². The second-order valence-electron chi connectivity index (χ2n) is 8.69. The highest BCUT2D eigenvalue weighted by molar-refractivity contribution is 7.90. The number of carbonyl (C=O) groups is 1. The minimum Gasteiger partial charge on any atom is -0.448 e. The summed E-state index contributed by atoms with van der Waals surface area (Å²) in [5, 5.41) is 4.74. The first-order valence-electron chi connectivity index (χ1n) is 11.7. The molecule has 0 spiro atoms. The zero-order valence-corrected chi connectivity index (χ0v) is 21.4. The van der Waals surface area contributed by atoms with E-state index in [4.69, 9.17) is 9.84 Å². The van der Waals surface area contributed by atoms with Crippen LogP contribution in [-0.2, 0) is 27.6 Å². The molecule has 4 aromatic rings. The third-order valence-corrected chi connectivity index (χ3v) is 7.35. The van der Waals surface area contributed by atoms with E-state index in [-0.39, 0.29) is 11.5 Å². The fourth-order valence-electron chi connectivity index (χ4n) is 3.96. The highest BCUT2D eigenvalue weighted by atomic mass is 32.2. The van der Waals surface area contributed by atoms with E-state index in [1.807, 2.05) is 65.7 Å². The van der Waals surface area contributed by atoms with Gasteiger partial charge in [-0.15, -0.1) is 0 Å². The van der Waals surface area contributed by atoms with Gasteiger partial charge in [0.25, 0.3) is 10.0 Å².